The fraction of sp³-hybridized carbons (Fsp3) is 0.308. The second kappa shape index (κ2) is 8.87. The zero-order valence-electron chi connectivity index (χ0n) is 20.3. The van der Waals surface area contributed by atoms with Gasteiger partial charge in [-0.25, -0.2) is 0 Å². The van der Waals surface area contributed by atoms with Gasteiger partial charge in [0.25, 0.3) is 0 Å². The highest BCUT2D eigenvalue weighted by Crippen LogP contribution is 2.43. The molecule has 0 spiro atoms. The molecule has 3 aromatic carbocycles. The maximum atomic E-state index is 12.1. The lowest BCUT2D eigenvalue weighted by Gasteiger charge is -2.28. The minimum absolute atomic E-state index is 0.0759. The van der Waals surface area contributed by atoms with Crippen molar-refractivity contribution in [3.05, 3.63) is 71.8 Å². The van der Waals surface area contributed by atoms with E-state index in [1.807, 2.05) is 12.1 Å². The highest BCUT2D eigenvalue weighted by molar-refractivity contribution is 7.60. The van der Waals surface area contributed by atoms with Crippen LogP contribution in [-0.4, -0.2) is 19.6 Å². The molecule has 182 valence electrons. The van der Waals surface area contributed by atoms with E-state index >= 15 is 0 Å². The van der Waals surface area contributed by atoms with Gasteiger partial charge < -0.3 is 19.6 Å². The SMILES string of the molecule is CC(C)(C)c1ccc(-c2cc(P(=O)(O)O)ccc2-c2ccc(P(=O)(O)O)cc2)c(C(C)(C)C)c1. The third kappa shape index (κ3) is 5.78. The number of benzene rings is 3. The molecule has 0 unspecified atom stereocenters. The summed E-state index contributed by atoms with van der Waals surface area (Å²) in [5, 5.41) is -0.174. The summed E-state index contributed by atoms with van der Waals surface area (Å²) in [4.78, 5) is 38.6. The lowest BCUT2D eigenvalue weighted by Crippen LogP contribution is -2.17. The van der Waals surface area contributed by atoms with Gasteiger partial charge in [-0.15, -0.1) is 0 Å². The molecule has 0 saturated heterocycles. The van der Waals surface area contributed by atoms with Crippen LogP contribution in [0.4, 0.5) is 0 Å². The largest absolute Gasteiger partial charge is 0.356 e. The van der Waals surface area contributed by atoms with Gasteiger partial charge in [-0.3, -0.25) is 9.13 Å². The van der Waals surface area contributed by atoms with Crippen LogP contribution < -0.4 is 10.6 Å². The first-order chi connectivity index (χ1) is 15.4. The Morgan fingerprint density at radius 1 is 0.559 bits per heavy atom. The van der Waals surface area contributed by atoms with Crippen molar-refractivity contribution in [2.24, 2.45) is 0 Å². The molecule has 3 rings (SSSR count). The van der Waals surface area contributed by atoms with Crippen molar-refractivity contribution in [3.8, 4) is 22.3 Å². The van der Waals surface area contributed by atoms with E-state index in [1.165, 1.54) is 24.3 Å². The van der Waals surface area contributed by atoms with Gasteiger partial charge in [-0.1, -0.05) is 77.9 Å². The molecule has 3 aromatic rings. The standard InChI is InChI=1S/C26H32O6P2/c1-25(2,3)18-9-13-22(24(15-18)26(4,5)6)23-16-20(34(30,31)32)12-14-21(23)17-7-10-19(11-8-17)33(27,28)29/h7-16H,1-6H3,(H2,27,28,29)(H2,30,31,32). The Bertz CT molecular complexity index is 1300. The van der Waals surface area contributed by atoms with E-state index in [4.69, 9.17) is 0 Å². The molecule has 0 aromatic heterocycles. The molecule has 0 bridgehead atoms. The summed E-state index contributed by atoms with van der Waals surface area (Å²) in [5.41, 5.74) is 4.76. The van der Waals surface area contributed by atoms with Crippen LogP contribution in [0.3, 0.4) is 0 Å². The van der Waals surface area contributed by atoms with Crippen LogP contribution >= 0.6 is 15.2 Å². The van der Waals surface area contributed by atoms with Crippen LogP contribution in [0.25, 0.3) is 22.3 Å². The second-order valence-electron chi connectivity index (χ2n) is 10.6. The molecule has 0 radical (unpaired) electrons. The Balaban J connectivity index is 2.34. The van der Waals surface area contributed by atoms with Crippen LogP contribution in [0.15, 0.2) is 60.7 Å². The number of rotatable bonds is 4. The van der Waals surface area contributed by atoms with Crippen LogP contribution in [0, 0.1) is 0 Å². The third-order valence-electron chi connectivity index (χ3n) is 5.84. The van der Waals surface area contributed by atoms with Gasteiger partial charge >= 0.3 is 15.2 Å². The Morgan fingerprint density at radius 3 is 1.53 bits per heavy atom. The van der Waals surface area contributed by atoms with Gasteiger partial charge in [0.1, 0.15) is 0 Å². The summed E-state index contributed by atoms with van der Waals surface area (Å²) in [5.74, 6) is 0. The molecule has 0 saturated carbocycles. The van der Waals surface area contributed by atoms with Gasteiger partial charge in [-0.2, -0.15) is 0 Å². The molecule has 0 heterocycles. The first-order valence-electron chi connectivity index (χ1n) is 10.9. The van der Waals surface area contributed by atoms with Gasteiger partial charge in [0.05, 0.1) is 10.6 Å². The van der Waals surface area contributed by atoms with Crippen molar-refractivity contribution in [3.63, 3.8) is 0 Å². The Labute approximate surface area is 201 Å². The molecule has 0 aliphatic heterocycles. The lowest BCUT2D eigenvalue weighted by atomic mass is 9.76. The van der Waals surface area contributed by atoms with E-state index in [1.54, 1.807) is 18.2 Å². The average Bonchev–Trinajstić information content (AvgIpc) is 2.70. The molecular formula is C26H32O6P2. The topological polar surface area (TPSA) is 115 Å². The highest BCUT2D eigenvalue weighted by atomic mass is 31.2. The highest BCUT2D eigenvalue weighted by Gasteiger charge is 2.26. The fourth-order valence-corrected chi connectivity index (χ4v) is 4.99. The van der Waals surface area contributed by atoms with Gasteiger partial charge in [-0.05, 0) is 68.5 Å². The average molecular weight is 502 g/mol. The molecule has 0 aliphatic rings. The predicted molar refractivity (Wildman–Crippen MR) is 138 cm³/mol. The smallest absolute Gasteiger partial charge is 0.321 e. The Kier molecular flexibility index (Phi) is 6.93. The van der Waals surface area contributed by atoms with Gasteiger partial charge in [0, 0.05) is 0 Å². The lowest BCUT2D eigenvalue weighted by molar-refractivity contribution is 0.385. The monoisotopic (exact) mass is 502 g/mol. The van der Waals surface area contributed by atoms with Crippen LogP contribution in [-0.2, 0) is 20.0 Å². The van der Waals surface area contributed by atoms with Crippen molar-refractivity contribution < 1.29 is 28.7 Å². The van der Waals surface area contributed by atoms with Crippen molar-refractivity contribution in [1.82, 2.24) is 0 Å². The quantitative estimate of drug-likeness (QED) is 0.364. The van der Waals surface area contributed by atoms with Crippen LogP contribution in [0.1, 0.15) is 52.7 Å². The van der Waals surface area contributed by atoms with Crippen LogP contribution in [0.2, 0.25) is 0 Å². The summed E-state index contributed by atoms with van der Waals surface area (Å²) in [6.45, 7) is 12.7. The summed E-state index contributed by atoms with van der Waals surface area (Å²) in [7, 11) is -8.89. The molecular weight excluding hydrogens is 470 g/mol. The van der Waals surface area contributed by atoms with Crippen molar-refractivity contribution in [1.29, 1.82) is 0 Å². The maximum Gasteiger partial charge on any atom is 0.356 e. The van der Waals surface area contributed by atoms with Crippen LogP contribution in [0.5, 0.6) is 0 Å². The molecule has 4 N–H and O–H groups in total. The zero-order chi connectivity index (χ0) is 25.7. The maximum absolute atomic E-state index is 12.1. The first-order valence-corrected chi connectivity index (χ1v) is 14.1. The minimum atomic E-state index is -4.50. The molecule has 0 fully saturated rings. The minimum Gasteiger partial charge on any atom is -0.321 e. The van der Waals surface area contributed by atoms with Gasteiger partial charge in [0.2, 0.25) is 0 Å². The van der Waals surface area contributed by atoms with Crippen molar-refractivity contribution >= 4 is 25.8 Å². The summed E-state index contributed by atoms with van der Waals surface area (Å²) in [6, 6.07) is 16.7. The van der Waals surface area contributed by atoms with E-state index in [2.05, 4.69) is 47.6 Å². The summed E-state index contributed by atoms with van der Waals surface area (Å²) < 4.78 is 23.7. The van der Waals surface area contributed by atoms with E-state index in [9.17, 15) is 28.7 Å². The van der Waals surface area contributed by atoms with Crippen molar-refractivity contribution in [2.75, 3.05) is 0 Å². The zero-order valence-corrected chi connectivity index (χ0v) is 22.1. The van der Waals surface area contributed by atoms with E-state index in [-0.39, 0.29) is 21.4 Å². The molecule has 0 atom stereocenters. The number of hydrogen-bond acceptors (Lipinski definition) is 2. The van der Waals surface area contributed by atoms with E-state index in [0.717, 1.165) is 16.7 Å². The second-order valence-corrected chi connectivity index (χ2v) is 13.8. The normalized spacial score (nSPS) is 13.2. The fourth-order valence-electron chi connectivity index (χ4n) is 3.89. The molecule has 0 aliphatic carbocycles. The number of hydrogen-bond donors (Lipinski definition) is 4. The predicted octanol–water partition coefficient (Wildman–Crippen LogP) is 5.22. The third-order valence-corrected chi connectivity index (χ3v) is 7.76. The Morgan fingerprint density at radius 2 is 1.06 bits per heavy atom. The first kappa shape index (κ1) is 26.6. The van der Waals surface area contributed by atoms with E-state index in [0.29, 0.717) is 16.7 Å². The molecule has 0 amide bonds. The molecule has 34 heavy (non-hydrogen) atoms. The van der Waals surface area contributed by atoms with Gasteiger partial charge in [0.15, 0.2) is 0 Å². The summed E-state index contributed by atoms with van der Waals surface area (Å²) in [6.07, 6.45) is 0. The molecule has 6 nitrogen and oxygen atoms in total. The summed E-state index contributed by atoms with van der Waals surface area (Å²) >= 11 is 0. The Hall–Kier alpha value is -2.04. The van der Waals surface area contributed by atoms with E-state index < -0.39 is 15.2 Å². The molecule has 8 heteroatoms. The van der Waals surface area contributed by atoms with Crippen molar-refractivity contribution in [2.45, 2.75) is 52.4 Å².